The molecule has 1 aromatic rings. The Morgan fingerprint density at radius 1 is 1.47 bits per heavy atom. The molecular weight excluding hydrogens is 244 g/mol. The van der Waals surface area contributed by atoms with Crippen molar-refractivity contribution in [1.82, 2.24) is 4.57 Å². The molecule has 0 amide bonds. The lowest BCUT2D eigenvalue weighted by molar-refractivity contribution is -0.384. The Labute approximate surface area is 112 Å². The number of rotatable bonds is 6. The zero-order valence-corrected chi connectivity index (χ0v) is 11.1. The molecule has 0 spiro atoms. The molecule has 2 heterocycles. The lowest BCUT2D eigenvalue weighted by Gasteiger charge is -2.18. The van der Waals surface area contributed by atoms with Crippen LogP contribution in [0.1, 0.15) is 32.7 Å². The topological polar surface area (TPSA) is 72.8 Å². The number of aliphatic imine (C=N–C) groups is 2. The maximum absolute atomic E-state index is 10.6. The summed E-state index contributed by atoms with van der Waals surface area (Å²) in [6, 6.07) is 1.97. The number of hydrogen-bond donors (Lipinski definition) is 0. The Hall–Kier alpha value is -1.98. The van der Waals surface area contributed by atoms with E-state index in [1.165, 1.54) is 6.07 Å². The number of hydrogen-bond acceptors (Lipinski definition) is 4. The van der Waals surface area contributed by atoms with Gasteiger partial charge in [-0.05, 0) is 25.7 Å². The highest BCUT2D eigenvalue weighted by atomic mass is 16.6. The van der Waals surface area contributed by atoms with E-state index in [9.17, 15) is 10.1 Å². The van der Waals surface area contributed by atoms with Crippen molar-refractivity contribution in [3.8, 4) is 0 Å². The van der Waals surface area contributed by atoms with Crippen LogP contribution in [0.3, 0.4) is 0 Å². The van der Waals surface area contributed by atoms with Crippen molar-refractivity contribution in [3.63, 3.8) is 0 Å². The van der Waals surface area contributed by atoms with Gasteiger partial charge in [-0.25, -0.2) is 4.99 Å². The summed E-state index contributed by atoms with van der Waals surface area (Å²) in [6.45, 7) is 4.23. The molecule has 0 aromatic carbocycles. The first-order valence-corrected chi connectivity index (χ1v) is 6.44. The fourth-order valence-electron chi connectivity index (χ4n) is 2.18. The van der Waals surface area contributed by atoms with Crippen molar-refractivity contribution >= 4 is 18.2 Å². The van der Waals surface area contributed by atoms with E-state index < -0.39 is 0 Å². The molecule has 1 aliphatic rings. The van der Waals surface area contributed by atoms with Crippen molar-refractivity contribution in [3.05, 3.63) is 28.6 Å². The van der Waals surface area contributed by atoms with Crippen LogP contribution in [0.2, 0.25) is 0 Å². The minimum absolute atomic E-state index is 0.146. The molecule has 0 aliphatic carbocycles. The van der Waals surface area contributed by atoms with Gasteiger partial charge in [-0.15, -0.1) is 0 Å². The summed E-state index contributed by atoms with van der Waals surface area (Å²) < 4.78 is 1.90. The van der Waals surface area contributed by atoms with Gasteiger partial charge in [0.25, 0.3) is 5.69 Å². The molecule has 3 atom stereocenters. The Morgan fingerprint density at radius 3 is 2.84 bits per heavy atom. The van der Waals surface area contributed by atoms with E-state index in [2.05, 4.69) is 23.8 Å². The van der Waals surface area contributed by atoms with Gasteiger partial charge in [0.15, 0.2) is 0 Å². The van der Waals surface area contributed by atoms with Crippen molar-refractivity contribution in [2.75, 3.05) is 0 Å². The number of nitro groups is 1. The largest absolute Gasteiger partial charge is 0.345 e. The third-order valence-electron chi connectivity index (χ3n) is 3.59. The van der Waals surface area contributed by atoms with Crippen molar-refractivity contribution in [2.24, 2.45) is 15.9 Å². The average Bonchev–Trinajstić information content (AvgIpc) is 3.05. The third-order valence-corrected chi connectivity index (χ3v) is 3.59. The van der Waals surface area contributed by atoms with Crippen LogP contribution in [-0.4, -0.2) is 28.1 Å². The fourth-order valence-corrected chi connectivity index (χ4v) is 2.18. The first-order chi connectivity index (χ1) is 9.08. The smallest absolute Gasteiger partial charge is 0.286 e. The third kappa shape index (κ3) is 3.27. The monoisotopic (exact) mass is 262 g/mol. The summed E-state index contributed by atoms with van der Waals surface area (Å²) in [5, 5.41) is 10.6. The van der Waals surface area contributed by atoms with Crippen LogP contribution >= 0.6 is 0 Å². The molecular formula is C13H18N4O2. The summed E-state index contributed by atoms with van der Waals surface area (Å²) in [5.41, 5.74) is 0.146. The molecule has 3 unspecified atom stereocenters. The summed E-state index contributed by atoms with van der Waals surface area (Å²) in [6.07, 6.45) is 8.80. The summed E-state index contributed by atoms with van der Waals surface area (Å²) in [5.74, 6) is 0.440. The molecule has 102 valence electrons. The Morgan fingerprint density at radius 2 is 2.26 bits per heavy atom. The predicted octanol–water partition coefficient (Wildman–Crippen LogP) is 2.85. The molecule has 0 fully saturated rings. The molecule has 0 saturated carbocycles. The van der Waals surface area contributed by atoms with Gasteiger partial charge in [-0.1, -0.05) is 6.92 Å². The SMILES string of the molecule is CC(CCC(C)n1ccc([N+](=O)[O-])c1)C1C=NC=N1. The second-order valence-electron chi connectivity index (χ2n) is 5.03. The minimum atomic E-state index is -0.366. The molecule has 2 rings (SSSR count). The molecule has 0 saturated heterocycles. The van der Waals surface area contributed by atoms with E-state index in [0.29, 0.717) is 5.92 Å². The van der Waals surface area contributed by atoms with Gasteiger partial charge in [-0.3, -0.25) is 15.1 Å². The van der Waals surface area contributed by atoms with Gasteiger partial charge in [0.1, 0.15) is 6.34 Å². The van der Waals surface area contributed by atoms with Crippen LogP contribution in [-0.2, 0) is 0 Å². The second-order valence-corrected chi connectivity index (χ2v) is 5.03. The van der Waals surface area contributed by atoms with E-state index in [1.54, 1.807) is 18.7 Å². The zero-order chi connectivity index (χ0) is 13.8. The highest BCUT2D eigenvalue weighted by Crippen LogP contribution is 2.23. The highest BCUT2D eigenvalue weighted by molar-refractivity contribution is 5.82. The molecule has 0 N–H and O–H groups in total. The zero-order valence-electron chi connectivity index (χ0n) is 11.1. The number of nitrogens with zero attached hydrogens (tertiary/aromatic N) is 4. The molecule has 0 radical (unpaired) electrons. The van der Waals surface area contributed by atoms with Crippen LogP contribution in [0.5, 0.6) is 0 Å². The van der Waals surface area contributed by atoms with Crippen molar-refractivity contribution in [1.29, 1.82) is 0 Å². The minimum Gasteiger partial charge on any atom is -0.345 e. The van der Waals surface area contributed by atoms with Crippen LogP contribution in [0.25, 0.3) is 0 Å². The average molecular weight is 262 g/mol. The number of aromatic nitrogens is 1. The predicted molar refractivity (Wildman–Crippen MR) is 75.0 cm³/mol. The quantitative estimate of drug-likeness (QED) is 0.584. The highest BCUT2D eigenvalue weighted by Gasteiger charge is 2.18. The molecule has 1 aliphatic heterocycles. The lowest BCUT2D eigenvalue weighted by atomic mass is 9.96. The van der Waals surface area contributed by atoms with E-state index in [-0.39, 0.29) is 22.7 Å². The summed E-state index contributed by atoms with van der Waals surface area (Å²) in [7, 11) is 0. The molecule has 19 heavy (non-hydrogen) atoms. The maximum atomic E-state index is 10.6. The van der Waals surface area contributed by atoms with Gasteiger partial charge >= 0.3 is 0 Å². The van der Waals surface area contributed by atoms with Crippen LogP contribution in [0.15, 0.2) is 28.4 Å². The first-order valence-electron chi connectivity index (χ1n) is 6.44. The Bertz CT molecular complexity index is 494. The Kier molecular flexibility index (Phi) is 4.09. The van der Waals surface area contributed by atoms with E-state index in [0.717, 1.165) is 12.8 Å². The summed E-state index contributed by atoms with van der Waals surface area (Å²) in [4.78, 5) is 18.5. The van der Waals surface area contributed by atoms with Crippen molar-refractivity contribution in [2.45, 2.75) is 38.8 Å². The van der Waals surface area contributed by atoms with Gasteiger partial charge in [0.2, 0.25) is 0 Å². The molecule has 1 aromatic heterocycles. The van der Waals surface area contributed by atoms with Crippen molar-refractivity contribution < 1.29 is 4.92 Å². The maximum Gasteiger partial charge on any atom is 0.286 e. The summed E-state index contributed by atoms with van der Waals surface area (Å²) >= 11 is 0. The Balaban J connectivity index is 1.86. The lowest BCUT2D eigenvalue weighted by Crippen LogP contribution is -2.16. The first kappa shape index (κ1) is 13.5. The normalized spacial score (nSPS) is 20.6. The van der Waals surface area contributed by atoms with Gasteiger partial charge in [0.05, 0.1) is 17.2 Å². The van der Waals surface area contributed by atoms with Crippen LogP contribution < -0.4 is 0 Å². The standard InChI is InChI=1S/C13H18N4O2/c1-10(13-7-14-9-15-13)3-4-11(2)16-6-5-12(8-16)17(18)19/h5-11,13H,3-4H2,1-2H3. The molecule has 0 bridgehead atoms. The molecule has 6 heteroatoms. The molecule has 6 nitrogen and oxygen atoms in total. The van der Waals surface area contributed by atoms with E-state index in [4.69, 9.17) is 0 Å². The second kappa shape index (κ2) is 5.77. The van der Waals surface area contributed by atoms with Gasteiger partial charge in [0, 0.05) is 24.5 Å². The van der Waals surface area contributed by atoms with Gasteiger partial charge < -0.3 is 4.57 Å². The van der Waals surface area contributed by atoms with Crippen LogP contribution in [0.4, 0.5) is 5.69 Å². The fraction of sp³-hybridized carbons (Fsp3) is 0.538. The van der Waals surface area contributed by atoms with Crippen LogP contribution in [0, 0.1) is 16.0 Å². The van der Waals surface area contributed by atoms with Gasteiger partial charge in [-0.2, -0.15) is 0 Å². The van der Waals surface area contributed by atoms with E-state index >= 15 is 0 Å². The van der Waals surface area contributed by atoms with E-state index in [1.807, 2.05) is 10.8 Å².